The number of rotatable bonds is 48. The number of aromatic amines is 1. The molecule has 9 rings (SSSR count). The van der Waals surface area contributed by atoms with Gasteiger partial charge in [-0.3, -0.25) is 72.9 Å². The van der Waals surface area contributed by atoms with Gasteiger partial charge in [0.2, 0.25) is 35.5 Å². The zero-order valence-electron chi connectivity index (χ0n) is 70.9. The Morgan fingerprint density at radius 2 is 1.27 bits per heavy atom. The summed E-state index contributed by atoms with van der Waals surface area (Å²) in [5, 5.41) is 75.5. The smallest absolute Gasteiger partial charge is 0.410 e. The molecule has 0 bridgehead atoms. The molecular formula is C82H104N20O25S2. The molecule has 694 valence electrons. The highest BCUT2D eigenvalue weighted by molar-refractivity contribution is 8.77. The van der Waals surface area contributed by atoms with Gasteiger partial charge in [-0.15, -0.1) is 0 Å². The van der Waals surface area contributed by atoms with Gasteiger partial charge in [0.25, 0.3) is 23.3 Å². The molecule has 4 aliphatic rings. The van der Waals surface area contributed by atoms with E-state index >= 15 is 0 Å². The van der Waals surface area contributed by atoms with Crippen molar-refractivity contribution in [1.82, 2.24) is 71.9 Å². The maximum absolute atomic E-state index is 14.6. The van der Waals surface area contributed by atoms with Crippen molar-refractivity contribution in [3.63, 3.8) is 0 Å². The Morgan fingerprint density at radius 1 is 0.674 bits per heavy atom. The average Bonchev–Trinajstić information content (AvgIpc) is 1.63. The van der Waals surface area contributed by atoms with Gasteiger partial charge in [0.05, 0.1) is 105 Å². The van der Waals surface area contributed by atoms with E-state index < -0.39 is 187 Å². The van der Waals surface area contributed by atoms with E-state index in [2.05, 4.69) is 75.3 Å². The van der Waals surface area contributed by atoms with E-state index in [1.54, 1.807) is 33.0 Å². The summed E-state index contributed by atoms with van der Waals surface area (Å²) in [6.07, 6.45) is 0.867. The van der Waals surface area contributed by atoms with Crippen molar-refractivity contribution >= 4 is 151 Å². The minimum atomic E-state index is -2.20. The molecule has 5 aromatic rings. The van der Waals surface area contributed by atoms with Crippen LogP contribution in [0.25, 0.3) is 11.2 Å². The molecule has 4 aliphatic heterocycles. The molecule has 3 saturated heterocycles. The second-order valence-electron chi connectivity index (χ2n) is 31.0. The molecule has 129 heavy (non-hydrogen) atoms. The van der Waals surface area contributed by atoms with Crippen LogP contribution < -0.4 is 84.2 Å². The first-order valence-electron chi connectivity index (χ1n) is 40.9. The molecule has 21 N–H and O–H groups in total. The van der Waals surface area contributed by atoms with Gasteiger partial charge in [-0.05, 0) is 107 Å². The standard InChI is InChI=1S/C82H104N20O25S2/c1-40(2)63(38-127-82(122)100-21-11-13-57(100)58-25-42(4)37-102(58)76(116)47-26-59(123-5)61(28-49(47)83)125-22-8-7-9-23-126-62-29-52-48(27-60(62)124-6)77(117)101-36-41(3)24-46(101)35-89-52)129-128-39-56(79(120)121)97-74(114)55(32-67(108)109)96-73(113)54(31-66(106)107)95-71(111)50(12-10-20-87-80(84)85)93-72(112)53(30-65(104)105)92-64(103)19-18-51(78(118)119)94-70(110)43-14-16-44(17-15-43)88-33-45-34-90-69-68(91-45)75(115)99-81(86)98-69/h14-17,26-29,34-35,40,46,50-51,53-58,63,88H,3-4,7-13,18-25,30-33,36-39,83H2,1-2,5-6H3,(H,92,103)(H,93,112)(H,94,110)(H,95,111)(H,96,113)(H,97,114)(H,104,105)(H,106,107)(H,108,109)(H,118,119)(H,120,121)(H4,84,85,87)(H3,86,90,98,99,115)/t46-,50-,51-,53-,54-,55-,56-,57?,58-,63+/m0/s1. The summed E-state index contributed by atoms with van der Waals surface area (Å²) in [5.74, 6) is -16.5. The fourth-order valence-electron chi connectivity index (χ4n) is 14.4. The molecular weight excluding hydrogens is 1730 g/mol. The lowest BCUT2D eigenvalue weighted by Crippen LogP contribution is -2.59. The van der Waals surface area contributed by atoms with Gasteiger partial charge in [-0.1, -0.05) is 59.7 Å². The summed E-state index contributed by atoms with van der Waals surface area (Å²) in [7, 11) is 4.98. The molecule has 10 atom stereocenters. The van der Waals surface area contributed by atoms with Crippen molar-refractivity contribution in [3.05, 3.63) is 112 Å². The van der Waals surface area contributed by atoms with Gasteiger partial charge in [-0.2, -0.15) is 4.98 Å². The molecule has 3 fully saturated rings. The number of aromatic nitrogens is 4. The van der Waals surface area contributed by atoms with E-state index in [4.69, 9.17) is 46.3 Å². The summed E-state index contributed by atoms with van der Waals surface area (Å²) in [6, 6.07) is -0.952. The molecule has 9 amide bonds. The Labute approximate surface area is 745 Å². The van der Waals surface area contributed by atoms with E-state index in [0.29, 0.717) is 98.0 Å². The molecule has 47 heteroatoms. The monoisotopic (exact) mass is 1830 g/mol. The number of carbonyl (C=O) groups is 14. The van der Waals surface area contributed by atoms with E-state index in [1.807, 2.05) is 19.2 Å². The zero-order chi connectivity index (χ0) is 94.0. The molecule has 6 heterocycles. The number of anilines is 3. The molecule has 0 saturated carbocycles. The Bertz CT molecular complexity index is 5180. The maximum atomic E-state index is 14.6. The Kier molecular flexibility index (Phi) is 35.6. The van der Waals surface area contributed by atoms with Crippen LogP contribution in [0.4, 0.5) is 27.8 Å². The van der Waals surface area contributed by atoms with Crippen LogP contribution in [0.2, 0.25) is 0 Å². The van der Waals surface area contributed by atoms with E-state index in [1.165, 1.54) is 56.8 Å². The maximum Gasteiger partial charge on any atom is 0.410 e. The number of nitrogens with two attached hydrogens (primary N) is 3. The Hall–Kier alpha value is -14.0. The second-order valence-corrected chi connectivity index (χ2v) is 33.6. The molecule has 0 radical (unpaired) electrons. The van der Waals surface area contributed by atoms with Gasteiger partial charge >= 0.3 is 35.9 Å². The number of nitrogen functional groups attached to an aromatic ring is 2. The number of carboxylic acids is 5. The van der Waals surface area contributed by atoms with E-state index in [9.17, 15) is 97.5 Å². The summed E-state index contributed by atoms with van der Waals surface area (Å²) >= 11 is 0. The molecule has 0 spiro atoms. The number of guanidine groups is 1. The van der Waals surface area contributed by atoms with Crippen LogP contribution in [0.1, 0.15) is 141 Å². The number of fused-ring (bicyclic) bond motifs is 3. The van der Waals surface area contributed by atoms with Crippen molar-refractivity contribution in [2.75, 3.05) is 82.8 Å². The SMILES string of the molecule is C=C1C[C@H]2C=Nc3cc(OCCCCCOc4cc(N)c(C(=O)N5CC(=C)C[C@H]5C5CCCN5C(=O)OC[C@@H](SSC[C@H](NC(=O)[C@H](CC(=O)O)NC(=O)[C@H](CC(=O)O)NC(=O)[C@H](CCCNC(=N)N)NC(=O)[C@H](CC(=O)O)NC(=O)CC[C@H](NC(=O)c5ccc(NCc6cnc7nc(N)[nH]c(=O)c7n6)cc5)C(=O)O)C(=O)O)C(C)C)cc4OC)c(OC)cc3C(=O)N2C1. The third-order valence-electron chi connectivity index (χ3n) is 21.0. The molecule has 1 unspecified atom stereocenters. The van der Waals surface area contributed by atoms with Crippen molar-refractivity contribution in [1.29, 1.82) is 5.41 Å². The van der Waals surface area contributed by atoms with Gasteiger partial charge < -0.3 is 124 Å². The number of benzene rings is 3. The van der Waals surface area contributed by atoms with Gasteiger partial charge in [0.15, 0.2) is 40.1 Å². The quantitative estimate of drug-likeness (QED) is 0.00663. The predicted octanol–water partition coefficient (Wildman–Crippen LogP) is 2.26. The number of amides is 9. The van der Waals surface area contributed by atoms with Crippen molar-refractivity contribution < 1.29 is 116 Å². The number of carboxylic acid groups (broad SMARTS) is 5. The minimum Gasteiger partial charge on any atom is -0.493 e. The average molecular weight is 1830 g/mol. The third-order valence-corrected chi connectivity index (χ3v) is 24.1. The highest BCUT2D eigenvalue weighted by Crippen LogP contribution is 2.41. The first-order valence-corrected chi connectivity index (χ1v) is 43.3. The highest BCUT2D eigenvalue weighted by atomic mass is 33.1. The van der Waals surface area contributed by atoms with Crippen LogP contribution in [-0.2, 0) is 59.2 Å². The number of nitrogens with one attached hydrogen (secondary N) is 10. The third kappa shape index (κ3) is 28.0. The lowest BCUT2D eigenvalue weighted by molar-refractivity contribution is -0.144. The van der Waals surface area contributed by atoms with Crippen LogP contribution in [0, 0.1) is 11.3 Å². The Morgan fingerprint density at radius 3 is 1.88 bits per heavy atom. The van der Waals surface area contributed by atoms with Crippen LogP contribution in [-0.4, -0.2) is 281 Å². The molecule has 0 aliphatic carbocycles. The number of nitrogens with zero attached hydrogens (tertiary/aromatic N) is 7. The van der Waals surface area contributed by atoms with Crippen LogP contribution in [0.5, 0.6) is 23.0 Å². The first kappa shape index (κ1) is 98.8. The fraction of sp³-hybridized carbons (Fsp3) is 0.463. The zero-order valence-corrected chi connectivity index (χ0v) is 72.5. The fourth-order valence-corrected chi connectivity index (χ4v) is 17.3. The number of unbranched alkanes of at least 4 members (excludes halogenated alkanes) is 2. The normalized spacial score (nSPS) is 16.7. The minimum absolute atomic E-state index is 0.0248. The summed E-state index contributed by atoms with van der Waals surface area (Å²) in [4.78, 5) is 223. The predicted molar refractivity (Wildman–Crippen MR) is 468 cm³/mol. The number of likely N-dealkylation sites (tertiary alicyclic amines) is 2. The summed E-state index contributed by atoms with van der Waals surface area (Å²) in [5.41, 5.74) is 20.6. The highest BCUT2D eigenvalue weighted by Gasteiger charge is 2.45. The number of carbonyl (C=O) groups excluding carboxylic acids is 9. The van der Waals surface area contributed by atoms with Crippen molar-refractivity contribution in [3.8, 4) is 23.0 Å². The van der Waals surface area contributed by atoms with Crippen molar-refractivity contribution in [2.45, 2.75) is 170 Å². The lowest BCUT2D eigenvalue weighted by atomic mass is 10.0. The van der Waals surface area contributed by atoms with E-state index in [-0.39, 0.29) is 103 Å². The number of hydrogen-bond acceptors (Lipinski definition) is 30. The first-order chi connectivity index (χ1) is 61.4. The summed E-state index contributed by atoms with van der Waals surface area (Å²) < 4.78 is 29.5. The number of aliphatic carboxylic acids is 5. The molecule has 3 aromatic carbocycles. The number of methoxy groups -OCH3 is 2. The number of aliphatic imine (C=N–C) groups is 1. The summed E-state index contributed by atoms with van der Waals surface area (Å²) in [6.45, 7) is 13.1. The number of ether oxygens (including phenoxy) is 5. The largest absolute Gasteiger partial charge is 0.493 e. The molecule has 2 aromatic heterocycles. The second kappa shape index (κ2) is 46.4. The van der Waals surface area contributed by atoms with E-state index in [0.717, 1.165) is 32.7 Å². The van der Waals surface area contributed by atoms with Gasteiger partial charge in [0.1, 0.15) is 42.9 Å². The van der Waals surface area contributed by atoms with Crippen LogP contribution in [0.15, 0.2) is 88.8 Å². The topological polar surface area (TPSA) is 678 Å². The van der Waals surface area contributed by atoms with Gasteiger partial charge in [-0.25, -0.2) is 24.4 Å². The number of hydrogen-bond donors (Lipinski definition) is 18. The number of H-pyrrole nitrogens is 1. The Balaban J connectivity index is 0.743. The molecule has 45 nitrogen and oxygen atoms in total. The van der Waals surface area contributed by atoms with Crippen molar-refractivity contribution in [2.24, 2.45) is 16.6 Å². The lowest BCUT2D eigenvalue weighted by Gasteiger charge is -2.34. The van der Waals surface area contributed by atoms with Crippen LogP contribution in [0.3, 0.4) is 0 Å². The van der Waals surface area contributed by atoms with Crippen LogP contribution >= 0.6 is 21.6 Å². The van der Waals surface area contributed by atoms with Gasteiger partial charge in [0, 0.05) is 73.6 Å².